The minimum Gasteiger partial charge on any atom is -0.493 e. The number of amides is 1. The highest BCUT2D eigenvalue weighted by Gasteiger charge is 2.09. The first kappa shape index (κ1) is 19.2. The molecule has 6 nitrogen and oxygen atoms in total. The van der Waals surface area contributed by atoms with E-state index in [1.54, 1.807) is 25.8 Å². The van der Waals surface area contributed by atoms with E-state index in [0.29, 0.717) is 4.88 Å². The summed E-state index contributed by atoms with van der Waals surface area (Å²) in [5.41, 5.74) is 3.99. The van der Waals surface area contributed by atoms with Gasteiger partial charge in [-0.25, -0.2) is 5.48 Å². The molecule has 0 saturated heterocycles. The van der Waals surface area contributed by atoms with E-state index >= 15 is 0 Å². The molecule has 0 aliphatic rings. The average Bonchev–Trinajstić information content (AvgIpc) is 3.13. The summed E-state index contributed by atoms with van der Waals surface area (Å²) in [5.74, 6) is 0.985. The molecule has 142 valence electrons. The number of hydrogen-bond acceptors (Lipinski definition) is 6. The molecule has 0 saturated carbocycles. The molecule has 2 aromatic carbocycles. The molecule has 0 bridgehead atoms. The van der Waals surface area contributed by atoms with Crippen LogP contribution in [0.15, 0.2) is 42.5 Å². The van der Waals surface area contributed by atoms with Gasteiger partial charge in [-0.1, -0.05) is 12.1 Å². The summed E-state index contributed by atoms with van der Waals surface area (Å²) in [6, 6.07) is 13.8. The number of carbonyl (C=O) groups excluding carboxylic acids is 1. The summed E-state index contributed by atoms with van der Waals surface area (Å²) < 4.78 is 11.6. The molecule has 0 unspecified atom stereocenters. The minimum atomic E-state index is -0.481. The smallest absolute Gasteiger partial charge is 0.284 e. The van der Waals surface area contributed by atoms with Gasteiger partial charge in [-0.2, -0.15) is 0 Å². The lowest BCUT2D eigenvalue weighted by atomic mass is 10.1. The highest BCUT2D eigenvalue weighted by molar-refractivity contribution is 7.20. The normalized spacial score (nSPS) is 10.8. The molecule has 0 spiro atoms. The molecule has 1 amide bonds. The van der Waals surface area contributed by atoms with Crippen molar-refractivity contribution in [2.24, 2.45) is 0 Å². The minimum absolute atomic E-state index is 0.481. The Morgan fingerprint density at radius 2 is 1.81 bits per heavy atom. The van der Waals surface area contributed by atoms with Gasteiger partial charge in [0.1, 0.15) is 0 Å². The van der Waals surface area contributed by atoms with Crippen molar-refractivity contribution < 1.29 is 19.5 Å². The third-order valence-corrected chi connectivity index (χ3v) is 5.39. The van der Waals surface area contributed by atoms with Crippen LogP contribution in [0.3, 0.4) is 0 Å². The summed E-state index contributed by atoms with van der Waals surface area (Å²) in [7, 11) is 3.26. The van der Waals surface area contributed by atoms with Gasteiger partial charge in [-0.15, -0.1) is 11.3 Å². The molecule has 3 rings (SSSR count). The first-order valence-electron chi connectivity index (χ1n) is 8.53. The Labute approximate surface area is 161 Å². The molecule has 1 heterocycles. The molecular weight excluding hydrogens is 364 g/mol. The van der Waals surface area contributed by atoms with Crippen molar-refractivity contribution >= 4 is 27.3 Å². The van der Waals surface area contributed by atoms with Gasteiger partial charge >= 0.3 is 0 Å². The zero-order valence-electron chi connectivity index (χ0n) is 15.2. The summed E-state index contributed by atoms with van der Waals surface area (Å²) in [5, 5.41) is 13.2. The zero-order valence-corrected chi connectivity index (χ0v) is 16.1. The molecular formula is C20H22N2O4S. The summed E-state index contributed by atoms with van der Waals surface area (Å²) in [6.07, 6.45) is 0.877. The second-order valence-corrected chi connectivity index (χ2v) is 7.12. The summed E-state index contributed by atoms with van der Waals surface area (Å²) >= 11 is 1.36. The Morgan fingerprint density at radius 1 is 1.04 bits per heavy atom. The maximum atomic E-state index is 11.5. The molecule has 27 heavy (non-hydrogen) atoms. The van der Waals surface area contributed by atoms with E-state index in [1.807, 2.05) is 30.3 Å². The number of benzene rings is 2. The summed E-state index contributed by atoms with van der Waals surface area (Å²) in [6.45, 7) is 1.57. The van der Waals surface area contributed by atoms with Gasteiger partial charge < -0.3 is 14.8 Å². The fraction of sp³-hybridized carbons (Fsp3) is 0.250. The Hall–Kier alpha value is -2.61. The lowest BCUT2D eigenvalue weighted by Gasteiger charge is -2.10. The molecule has 3 aromatic rings. The second kappa shape index (κ2) is 8.85. The molecule has 0 aliphatic carbocycles. The Bertz CT molecular complexity index is 939. The van der Waals surface area contributed by atoms with Crippen LogP contribution >= 0.6 is 11.3 Å². The first-order valence-corrected chi connectivity index (χ1v) is 9.34. The molecule has 0 atom stereocenters. The third-order valence-electron chi connectivity index (χ3n) is 4.27. The van der Waals surface area contributed by atoms with Crippen molar-refractivity contribution in [2.45, 2.75) is 13.0 Å². The van der Waals surface area contributed by atoms with Crippen molar-refractivity contribution in [3.63, 3.8) is 0 Å². The van der Waals surface area contributed by atoms with Crippen LogP contribution < -0.4 is 20.3 Å². The second-order valence-electron chi connectivity index (χ2n) is 6.04. The Balaban J connectivity index is 1.56. The Kier molecular flexibility index (Phi) is 6.28. The number of fused-ring (bicyclic) bond motifs is 1. The average molecular weight is 386 g/mol. The van der Waals surface area contributed by atoms with Crippen molar-refractivity contribution in [3.05, 3.63) is 58.5 Å². The number of ether oxygens (including phenoxy) is 2. The van der Waals surface area contributed by atoms with Crippen LogP contribution in [-0.2, 0) is 13.0 Å². The van der Waals surface area contributed by atoms with Gasteiger partial charge in [0.2, 0.25) is 0 Å². The SMILES string of the molecule is COc1ccc(CCNCc2ccc3sc(C(=O)NO)cc3c2)cc1OC. The fourth-order valence-electron chi connectivity index (χ4n) is 2.87. The zero-order chi connectivity index (χ0) is 19.2. The number of methoxy groups -OCH3 is 2. The van der Waals surface area contributed by atoms with Crippen molar-refractivity contribution in [3.8, 4) is 11.5 Å². The van der Waals surface area contributed by atoms with Crippen molar-refractivity contribution in [1.29, 1.82) is 0 Å². The van der Waals surface area contributed by atoms with Gasteiger partial charge in [0.25, 0.3) is 5.91 Å². The summed E-state index contributed by atoms with van der Waals surface area (Å²) in [4.78, 5) is 12.0. The topological polar surface area (TPSA) is 79.8 Å². The van der Waals surface area contributed by atoms with E-state index in [-0.39, 0.29) is 0 Å². The molecule has 0 aliphatic heterocycles. The largest absolute Gasteiger partial charge is 0.493 e. The van der Waals surface area contributed by atoms with Crippen molar-refractivity contribution in [2.75, 3.05) is 20.8 Å². The third kappa shape index (κ3) is 4.57. The number of thiophene rings is 1. The lowest BCUT2D eigenvalue weighted by Crippen LogP contribution is -2.16. The van der Waals surface area contributed by atoms with Gasteiger partial charge in [0.15, 0.2) is 11.5 Å². The van der Waals surface area contributed by atoms with E-state index in [0.717, 1.165) is 46.7 Å². The van der Waals surface area contributed by atoms with E-state index in [1.165, 1.54) is 16.9 Å². The fourth-order valence-corrected chi connectivity index (χ4v) is 3.80. The van der Waals surface area contributed by atoms with E-state index in [2.05, 4.69) is 11.4 Å². The number of nitrogens with one attached hydrogen (secondary N) is 2. The van der Waals surface area contributed by atoms with E-state index in [9.17, 15) is 4.79 Å². The maximum Gasteiger partial charge on any atom is 0.284 e. The van der Waals surface area contributed by atoms with Crippen LogP contribution in [0, 0.1) is 0 Å². The van der Waals surface area contributed by atoms with Crippen LogP contribution in [0.2, 0.25) is 0 Å². The monoisotopic (exact) mass is 386 g/mol. The lowest BCUT2D eigenvalue weighted by molar-refractivity contribution is 0.0711. The quantitative estimate of drug-likeness (QED) is 0.314. The van der Waals surface area contributed by atoms with Gasteiger partial charge in [0.05, 0.1) is 19.1 Å². The van der Waals surface area contributed by atoms with Gasteiger partial charge in [0, 0.05) is 11.2 Å². The first-order chi connectivity index (χ1) is 13.1. The van der Waals surface area contributed by atoms with Crippen LogP contribution in [-0.4, -0.2) is 31.9 Å². The number of hydrogen-bond donors (Lipinski definition) is 3. The number of carbonyl (C=O) groups is 1. The maximum absolute atomic E-state index is 11.5. The van der Waals surface area contributed by atoms with Crippen LogP contribution in [0.5, 0.6) is 11.5 Å². The van der Waals surface area contributed by atoms with Gasteiger partial charge in [-0.05, 0) is 59.8 Å². The molecule has 3 N–H and O–H groups in total. The van der Waals surface area contributed by atoms with Crippen LogP contribution in [0.4, 0.5) is 0 Å². The number of rotatable bonds is 8. The molecule has 1 aromatic heterocycles. The van der Waals surface area contributed by atoms with Crippen LogP contribution in [0.1, 0.15) is 20.8 Å². The van der Waals surface area contributed by atoms with E-state index < -0.39 is 5.91 Å². The highest BCUT2D eigenvalue weighted by Crippen LogP contribution is 2.28. The van der Waals surface area contributed by atoms with Gasteiger partial charge in [-0.3, -0.25) is 10.0 Å². The van der Waals surface area contributed by atoms with Crippen molar-refractivity contribution in [1.82, 2.24) is 10.8 Å². The standard InChI is InChI=1S/C20H22N2O4S/c1-25-16-5-3-13(10-17(16)26-2)7-8-21-12-14-4-6-18-15(9-14)11-19(27-18)20(23)22-24/h3-6,9-11,21,24H,7-8,12H2,1-2H3,(H,22,23). The predicted molar refractivity (Wildman–Crippen MR) is 106 cm³/mol. The van der Waals surface area contributed by atoms with E-state index in [4.69, 9.17) is 14.7 Å². The Morgan fingerprint density at radius 3 is 2.56 bits per heavy atom. The number of hydroxylamine groups is 1. The predicted octanol–water partition coefficient (Wildman–Crippen LogP) is 3.37. The molecule has 0 radical (unpaired) electrons. The highest BCUT2D eigenvalue weighted by atomic mass is 32.1. The molecule has 7 heteroatoms. The van der Waals surface area contributed by atoms with Crippen LogP contribution in [0.25, 0.3) is 10.1 Å². The molecule has 0 fully saturated rings.